The third-order valence-electron chi connectivity index (χ3n) is 3.33. The van der Waals surface area contributed by atoms with Gasteiger partial charge in [0.1, 0.15) is 0 Å². The Kier molecular flexibility index (Phi) is 4.10. The van der Waals surface area contributed by atoms with Crippen LogP contribution in [0.5, 0.6) is 0 Å². The highest BCUT2D eigenvalue weighted by molar-refractivity contribution is 7.99. The third kappa shape index (κ3) is 2.94. The lowest BCUT2D eigenvalue weighted by molar-refractivity contribution is -0.137. The Balaban J connectivity index is 2.19. The largest absolute Gasteiger partial charge is 0.418 e. The molecule has 1 aliphatic rings. The lowest BCUT2D eigenvalue weighted by Crippen LogP contribution is -2.27. The fourth-order valence-corrected chi connectivity index (χ4v) is 3.36. The Morgan fingerprint density at radius 2 is 1.94 bits per heavy atom. The van der Waals surface area contributed by atoms with Gasteiger partial charge in [-0.15, -0.1) is 0 Å². The maximum Gasteiger partial charge on any atom is 0.418 e. The first kappa shape index (κ1) is 13.6. The first-order valence-corrected chi connectivity index (χ1v) is 7.26. The molecule has 0 aliphatic heterocycles. The van der Waals surface area contributed by atoms with Gasteiger partial charge in [0.2, 0.25) is 0 Å². The van der Waals surface area contributed by atoms with E-state index in [-0.39, 0.29) is 11.7 Å². The number of rotatable bonds is 3. The number of benzene rings is 1. The molecule has 0 bridgehead atoms. The topological polar surface area (TPSA) is 12.0 Å². The standard InChI is InChI=1S/C13H16F3NS/c1-18-12-8-4-7-11(12)17-10-6-3-2-5-9(10)13(14,15)16/h2-3,5-6,11-12,17H,4,7-8H2,1H3. The molecule has 1 fully saturated rings. The fraction of sp³-hybridized carbons (Fsp3) is 0.538. The molecule has 2 atom stereocenters. The van der Waals surface area contributed by atoms with Crippen LogP contribution in [0.15, 0.2) is 24.3 Å². The van der Waals surface area contributed by atoms with E-state index in [9.17, 15) is 13.2 Å². The number of halogens is 3. The van der Waals surface area contributed by atoms with Crippen molar-refractivity contribution in [2.75, 3.05) is 11.6 Å². The highest BCUT2D eigenvalue weighted by Crippen LogP contribution is 2.37. The average Bonchev–Trinajstić information content (AvgIpc) is 2.75. The molecule has 100 valence electrons. The summed E-state index contributed by atoms with van der Waals surface area (Å²) in [6, 6.07) is 5.85. The van der Waals surface area contributed by atoms with Crippen molar-refractivity contribution < 1.29 is 13.2 Å². The molecular formula is C13H16F3NS. The van der Waals surface area contributed by atoms with Crippen LogP contribution in [0.1, 0.15) is 24.8 Å². The molecule has 5 heteroatoms. The quantitative estimate of drug-likeness (QED) is 0.877. The van der Waals surface area contributed by atoms with E-state index in [2.05, 4.69) is 5.32 Å². The summed E-state index contributed by atoms with van der Waals surface area (Å²) in [7, 11) is 0. The molecule has 2 unspecified atom stereocenters. The molecule has 2 rings (SSSR count). The van der Waals surface area contributed by atoms with Crippen molar-refractivity contribution >= 4 is 17.4 Å². The van der Waals surface area contributed by atoms with E-state index in [1.54, 1.807) is 17.8 Å². The Bertz CT molecular complexity index is 405. The number of para-hydroxylation sites is 1. The maximum atomic E-state index is 12.9. The van der Waals surface area contributed by atoms with Crippen LogP contribution in [0.25, 0.3) is 0 Å². The highest BCUT2D eigenvalue weighted by atomic mass is 32.2. The SMILES string of the molecule is CSC1CCCC1Nc1ccccc1C(F)(F)F. The normalized spacial score (nSPS) is 24.2. The zero-order valence-corrected chi connectivity index (χ0v) is 10.9. The van der Waals surface area contributed by atoms with Crippen LogP contribution in [0.3, 0.4) is 0 Å². The smallest absolute Gasteiger partial charge is 0.381 e. The summed E-state index contributed by atoms with van der Waals surface area (Å²) in [6.45, 7) is 0. The van der Waals surface area contributed by atoms with Crippen molar-refractivity contribution in [3.05, 3.63) is 29.8 Å². The van der Waals surface area contributed by atoms with Crippen molar-refractivity contribution in [3.8, 4) is 0 Å². The van der Waals surface area contributed by atoms with Gasteiger partial charge in [0.25, 0.3) is 0 Å². The Labute approximate surface area is 109 Å². The number of hydrogen-bond donors (Lipinski definition) is 1. The van der Waals surface area contributed by atoms with Gasteiger partial charge in [-0.1, -0.05) is 18.6 Å². The van der Waals surface area contributed by atoms with Crippen LogP contribution in [-0.2, 0) is 6.18 Å². The number of anilines is 1. The summed E-state index contributed by atoms with van der Waals surface area (Å²) in [5, 5.41) is 3.48. The van der Waals surface area contributed by atoms with Crippen molar-refractivity contribution in [2.24, 2.45) is 0 Å². The Morgan fingerprint density at radius 3 is 2.61 bits per heavy atom. The molecular weight excluding hydrogens is 259 g/mol. The summed E-state index contributed by atoms with van der Waals surface area (Å²) >= 11 is 1.73. The van der Waals surface area contributed by atoms with Gasteiger partial charge in [-0.2, -0.15) is 24.9 Å². The van der Waals surface area contributed by atoms with Gasteiger partial charge in [0.15, 0.2) is 0 Å². The van der Waals surface area contributed by atoms with Crippen LogP contribution in [0.4, 0.5) is 18.9 Å². The van der Waals surface area contributed by atoms with Gasteiger partial charge in [-0.05, 0) is 31.2 Å². The fourth-order valence-electron chi connectivity index (χ4n) is 2.43. The summed E-state index contributed by atoms with van der Waals surface area (Å²) in [4.78, 5) is 0. The van der Waals surface area contributed by atoms with Gasteiger partial charge >= 0.3 is 6.18 Å². The van der Waals surface area contributed by atoms with Crippen molar-refractivity contribution in [1.82, 2.24) is 0 Å². The van der Waals surface area contributed by atoms with Crippen LogP contribution in [0, 0.1) is 0 Å². The summed E-state index contributed by atoms with van der Waals surface area (Å²) in [6.07, 6.45) is 0.819. The average molecular weight is 275 g/mol. The van der Waals surface area contributed by atoms with E-state index < -0.39 is 11.7 Å². The number of thioether (sulfide) groups is 1. The lowest BCUT2D eigenvalue weighted by Gasteiger charge is -2.22. The number of nitrogens with one attached hydrogen (secondary N) is 1. The maximum absolute atomic E-state index is 12.9. The Morgan fingerprint density at radius 1 is 1.22 bits per heavy atom. The molecule has 0 heterocycles. The molecule has 0 saturated heterocycles. The van der Waals surface area contributed by atoms with Crippen LogP contribution < -0.4 is 5.32 Å². The van der Waals surface area contributed by atoms with E-state index in [1.165, 1.54) is 12.1 Å². The predicted octanol–water partition coefficient (Wildman–Crippen LogP) is 4.40. The molecule has 18 heavy (non-hydrogen) atoms. The van der Waals surface area contributed by atoms with Crippen molar-refractivity contribution in [3.63, 3.8) is 0 Å². The molecule has 1 aromatic carbocycles. The second-order valence-corrected chi connectivity index (χ2v) is 5.58. The van der Waals surface area contributed by atoms with Gasteiger partial charge in [0, 0.05) is 17.0 Å². The molecule has 0 spiro atoms. The second kappa shape index (κ2) is 5.43. The highest BCUT2D eigenvalue weighted by Gasteiger charge is 2.35. The van der Waals surface area contributed by atoms with E-state index in [0.717, 1.165) is 25.3 Å². The minimum absolute atomic E-state index is 0.142. The number of alkyl halides is 3. The molecule has 1 aromatic rings. The van der Waals surface area contributed by atoms with Crippen molar-refractivity contribution in [1.29, 1.82) is 0 Å². The zero-order chi connectivity index (χ0) is 13.2. The Hall–Kier alpha value is -0.840. The first-order chi connectivity index (χ1) is 8.52. The van der Waals surface area contributed by atoms with E-state index in [4.69, 9.17) is 0 Å². The molecule has 0 radical (unpaired) electrons. The van der Waals surface area contributed by atoms with Gasteiger partial charge in [-0.25, -0.2) is 0 Å². The third-order valence-corrected chi connectivity index (χ3v) is 4.50. The van der Waals surface area contributed by atoms with Gasteiger partial charge < -0.3 is 5.32 Å². The van der Waals surface area contributed by atoms with Crippen LogP contribution in [0.2, 0.25) is 0 Å². The van der Waals surface area contributed by atoms with Crippen LogP contribution >= 0.6 is 11.8 Å². The van der Waals surface area contributed by atoms with E-state index >= 15 is 0 Å². The molecule has 0 amide bonds. The molecule has 1 saturated carbocycles. The monoisotopic (exact) mass is 275 g/mol. The van der Waals surface area contributed by atoms with Crippen LogP contribution in [-0.4, -0.2) is 17.5 Å². The molecule has 1 aliphatic carbocycles. The second-order valence-electron chi connectivity index (χ2n) is 4.50. The predicted molar refractivity (Wildman–Crippen MR) is 70.0 cm³/mol. The lowest BCUT2D eigenvalue weighted by atomic mass is 10.1. The first-order valence-electron chi connectivity index (χ1n) is 5.98. The molecule has 0 aromatic heterocycles. The summed E-state index contributed by atoms with van der Waals surface area (Å²) < 4.78 is 38.6. The minimum atomic E-state index is -4.29. The molecule has 1 nitrogen and oxygen atoms in total. The van der Waals surface area contributed by atoms with E-state index in [1.807, 2.05) is 6.26 Å². The van der Waals surface area contributed by atoms with Gasteiger partial charge in [-0.3, -0.25) is 0 Å². The molecule has 1 N–H and O–H groups in total. The van der Waals surface area contributed by atoms with Gasteiger partial charge in [0.05, 0.1) is 5.56 Å². The van der Waals surface area contributed by atoms with E-state index in [0.29, 0.717) is 5.25 Å². The summed E-state index contributed by atoms with van der Waals surface area (Å²) in [5.41, 5.74) is -0.368. The van der Waals surface area contributed by atoms with Crippen molar-refractivity contribution in [2.45, 2.75) is 36.7 Å². The zero-order valence-electron chi connectivity index (χ0n) is 10.1. The minimum Gasteiger partial charge on any atom is -0.381 e. The number of hydrogen-bond acceptors (Lipinski definition) is 2. The summed E-state index contributed by atoms with van der Waals surface area (Å²) in [5.74, 6) is 0.